The van der Waals surface area contributed by atoms with Crippen LogP contribution in [0.2, 0.25) is 0 Å². The standard InChI is InChI=1S/C26H29N9O/c1-15-9-22-29-14-30-34(22)12-19(15)31-24-28-11-21-23(32-24)35(25(36)33(21)2)20-6-5-17-4-3-16-10-26(17,13-27)8-7-18(16)20/h9,11-12,14,16-18,20H,3-8,10H2,1-2H3,(H,28,31,32). The van der Waals surface area contributed by atoms with Crippen molar-refractivity contribution in [2.45, 2.75) is 57.9 Å². The minimum absolute atomic E-state index is 0.0322. The molecule has 1 N–H and O–H groups in total. The first-order chi connectivity index (χ1) is 17.5. The molecular formula is C26H29N9O. The van der Waals surface area contributed by atoms with E-state index in [9.17, 15) is 10.1 Å². The van der Waals surface area contributed by atoms with E-state index in [-0.39, 0.29) is 17.1 Å². The Morgan fingerprint density at radius 2 is 2.06 bits per heavy atom. The van der Waals surface area contributed by atoms with E-state index in [2.05, 4.69) is 26.5 Å². The normalized spacial score (nSPS) is 29.4. The van der Waals surface area contributed by atoms with Gasteiger partial charge in [-0.25, -0.2) is 19.3 Å². The number of aryl methyl sites for hydroxylation is 2. The molecule has 0 aliphatic heterocycles. The van der Waals surface area contributed by atoms with Crippen molar-refractivity contribution < 1.29 is 0 Å². The average Bonchev–Trinajstić information content (AvgIpc) is 3.41. The molecule has 4 aromatic rings. The molecule has 36 heavy (non-hydrogen) atoms. The summed E-state index contributed by atoms with van der Waals surface area (Å²) in [6.07, 6.45) is 12.3. The second kappa shape index (κ2) is 7.63. The van der Waals surface area contributed by atoms with E-state index in [1.807, 2.05) is 23.8 Å². The summed E-state index contributed by atoms with van der Waals surface area (Å²) in [6.45, 7) is 2.00. The fourth-order valence-corrected chi connectivity index (χ4v) is 7.49. The monoisotopic (exact) mass is 483 g/mol. The fraction of sp³-hybridized carbons (Fsp3) is 0.538. The molecule has 5 saturated carbocycles. The number of pyridine rings is 1. The van der Waals surface area contributed by atoms with Crippen molar-refractivity contribution in [3.63, 3.8) is 0 Å². The molecule has 0 aromatic carbocycles. The smallest absolute Gasteiger partial charge is 0.323 e. The minimum atomic E-state index is -0.142. The second-order valence-corrected chi connectivity index (χ2v) is 11.0. The van der Waals surface area contributed by atoms with E-state index >= 15 is 0 Å². The molecule has 10 nitrogen and oxygen atoms in total. The molecule has 5 fully saturated rings. The molecule has 10 heteroatoms. The van der Waals surface area contributed by atoms with Gasteiger partial charge in [0.15, 0.2) is 11.3 Å². The van der Waals surface area contributed by atoms with E-state index in [1.165, 1.54) is 12.7 Å². The van der Waals surface area contributed by atoms with Crippen molar-refractivity contribution in [3.05, 3.63) is 40.8 Å². The van der Waals surface area contributed by atoms with Crippen LogP contribution < -0.4 is 11.0 Å². The quantitative estimate of drug-likeness (QED) is 0.469. The molecule has 5 unspecified atom stereocenters. The molecule has 5 atom stereocenters. The van der Waals surface area contributed by atoms with Crippen molar-refractivity contribution in [2.24, 2.45) is 30.2 Å². The van der Waals surface area contributed by atoms with Crippen LogP contribution in [0.5, 0.6) is 0 Å². The largest absolute Gasteiger partial charge is 0.330 e. The lowest BCUT2D eigenvalue weighted by Gasteiger charge is -2.54. The lowest BCUT2D eigenvalue weighted by atomic mass is 9.50. The molecule has 5 aliphatic carbocycles. The van der Waals surface area contributed by atoms with E-state index in [0.717, 1.165) is 60.9 Å². The van der Waals surface area contributed by atoms with Crippen molar-refractivity contribution in [2.75, 3.05) is 5.32 Å². The highest BCUT2D eigenvalue weighted by Gasteiger charge is 2.53. The van der Waals surface area contributed by atoms with Gasteiger partial charge < -0.3 is 5.32 Å². The first-order valence-corrected chi connectivity index (χ1v) is 12.9. The third-order valence-electron chi connectivity index (χ3n) is 9.38. The highest BCUT2D eigenvalue weighted by molar-refractivity contribution is 5.73. The Morgan fingerprint density at radius 1 is 1.19 bits per heavy atom. The molecule has 4 heterocycles. The van der Waals surface area contributed by atoms with Crippen molar-refractivity contribution in [1.29, 1.82) is 5.26 Å². The van der Waals surface area contributed by atoms with Gasteiger partial charge in [-0.05, 0) is 81.3 Å². The van der Waals surface area contributed by atoms with E-state index < -0.39 is 0 Å². The van der Waals surface area contributed by atoms with Crippen LogP contribution in [0.4, 0.5) is 11.6 Å². The predicted octanol–water partition coefficient (Wildman–Crippen LogP) is 3.90. The van der Waals surface area contributed by atoms with Crippen LogP contribution in [0.15, 0.2) is 29.6 Å². The number of nitrogens with zero attached hydrogens (tertiary/aromatic N) is 8. The molecule has 184 valence electrons. The number of rotatable bonds is 3. The van der Waals surface area contributed by atoms with Gasteiger partial charge in [-0.1, -0.05) is 0 Å². The SMILES string of the molecule is Cc1cc2ncnn2cc1Nc1ncc2c(n1)n(C1CCC3CCC4CC3(C#N)CCC41)c(=O)n2C. The van der Waals surface area contributed by atoms with Crippen LogP contribution in [0.1, 0.15) is 56.6 Å². The summed E-state index contributed by atoms with van der Waals surface area (Å²) >= 11 is 0. The third kappa shape index (κ3) is 2.98. The Bertz CT molecular complexity index is 1610. The number of imidazole rings is 1. The molecule has 0 radical (unpaired) electrons. The van der Waals surface area contributed by atoms with Crippen LogP contribution in [0.3, 0.4) is 0 Å². The molecule has 0 saturated heterocycles. The molecule has 0 amide bonds. The fourth-order valence-electron chi connectivity index (χ4n) is 7.49. The van der Waals surface area contributed by atoms with Crippen LogP contribution in [0, 0.1) is 41.4 Å². The van der Waals surface area contributed by atoms with Gasteiger partial charge in [0, 0.05) is 13.1 Å². The van der Waals surface area contributed by atoms with Crippen LogP contribution in [-0.4, -0.2) is 33.7 Å². The maximum Gasteiger partial charge on any atom is 0.330 e. The van der Waals surface area contributed by atoms with Crippen molar-refractivity contribution in [3.8, 4) is 6.07 Å². The Balaban J connectivity index is 1.30. The zero-order valence-electron chi connectivity index (χ0n) is 20.6. The van der Waals surface area contributed by atoms with Gasteiger partial charge in [0.2, 0.25) is 5.95 Å². The highest BCUT2D eigenvalue weighted by atomic mass is 16.1. The molecule has 5 aliphatic rings. The summed E-state index contributed by atoms with van der Waals surface area (Å²) in [7, 11) is 1.80. The predicted molar refractivity (Wildman–Crippen MR) is 134 cm³/mol. The van der Waals surface area contributed by atoms with E-state index in [0.29, 0.717) is 29.3 Å². The zero-order valence-corrected chi connectivity index (χ0v) is 20.6. The van der Waals surface area contributed by atoms with Gasteiger partial charge in [0.1, 0.15) is 11.8 Å². The molecule has 4 bridgehead atoms. The van der Waals surface area contributed by atoms with Gasteiger partial charge in [0.25, 0.3) is 0 Å². The summed E-state index contributed by atoms with van der Waals surface area (Å²) in [5, 5.41) is 17.6. The summed E-state index contributed by atoms with van der Waals surface area (Å²) in [4.78, 5) is 27.2. The van der Waals surface area contributed by atoms with Gasteiger partial charge in [-0.2, -0.15) is 15.3 Å². The number of nitriles is 1. The van der Waals surface area contributed by atoms with Crippen molar-refractivity contribution in [1.82, 2.24) is 33.7 Å². The van der Waals surface area contributed by atoms with Gasteiger partial charge >= 0.3 is 5.69 Å². The first-order valence-electron chi connectivity index (χ1n) is 12.9. The Hall–Kier alpha value is -3.74. The number of anilines is 2. The first kappa shape index (κ1) is 21.5. The van der Waals surface area contributed by atoms with Gasteiger partial charge in [0.05, 0.1) is 29.6 Å². The van der Waals surface area contributed by atoms with Crippen LogP contribution in [-0.2, 0) is 7.05 Å². The number of fused-ring (bicyclic) bond motifs is 4. The maximum absolute atomic E-state index is 13.6. The molecule has 4 aromatic heterocycles. The van der Waals surface area contributed by atoms with E-state index in [1.54, 1.807) is 22.3 Å². The lowest BCUT2D eigenvalue weighted by Crippen LogP contribution is -2.48. The second-order valence-electron chi connectivity index (χ2n) is 11.0. The number of hydrogen-bond donors (Lipinski definition) is 1. The van der Waals surface area contributed by atoms with Gasteiger partial charge in [-0.15, -0.1) is 0 Å². The third-order valence-corrected chi connectivity index (χ3v) is 9.38. The number of hydrogen-bond acceptors (Lipinski definition) is 7. The molecular weight excluding hydrogens is 454 g/mol. The number of nitrogens with one attached hydrogen (secondary N) is 1. The lowest BCUT2D eigenvalue weighted by molar-refractivity contribution is -0.0286. The summed E-state index contributed by atoms with van der Waals surface area (Å²) < 4.78 is 5.33. The average molecular weight is 484 g/mol. The summed E-state index contributed by atoms with van der Waals surface area (Å²) in [6, 6.07) is 4.79. The minimum Gasteiger partial charge on any atom is -0.323 e. The maximum atomic E-state index is 13.6. The Kier molecular flexibility index (Phi) is 4.56. The van der Waals surface area contributed by atoms with Crippen LogP contribution >= 0.6 is 0 Å². The Morgan fingerprint density at radius 3 is 2.92 bits per heavy atom. The molecule has 0 spiro atoms. The highest BCUT2D eigenvalue weighted by Crippen LogP contribution is 2.60. The van der Waals surface area contributed by atoms with Crippen molar-refractivity contribution >= 4 is 28.4 Å². The topological polar surface area (TPSA) is 119 Å². The summed E-state index contributed by atoms with van der Waals surface area (Å²) in [5.41, 5.74) is 3.86. The Labute approximate surface area is 208 Å². The van der Waals surface area contributed by atoms with E-state index in [4.69, 9.17) is 4.98 Å². The van der Waals surface area contributed by atoms with Crippen LogP contribution in [0.25, 0.3) is 16.8 Å². The van der Waals surface area contributed by atoms with Gasteiger partial charge in [-0.3, -0.25) is 9.13 Å². The summed E-state index contributed by atoms with van der Waals surface area (Å²) in [5.74, 6) is 1.79. The zero-order chi connectivity index (χ0) is 24.6. The molecule has 9 rings (SSSR count). The number of aromatic nitrogens is 7.